The van der Waals surface area contributed by atoms with E-state index in [4.69, 9.17) is 0 Å². The van der Waals surface area contributed by atoms with Crippen LogP contribution in [0.3, 0.4) is 0 Å². The van der Waals surface area contributed by atoms with Crippen molar-refractivity contribution in [2.75, 3.05) is 6.54 Å². The van der Waals surface area contributed by atoms with Crippen LogP contribution in [0.4, 0.5) is 4.39 Å². The topological polar surface area (TPSA) is 12.0 Å². The highest BCUT2D eigenvalue weighted by atomic mass is 19.1. The lowest BCUT2D eigenvalue weighted by atomic mass is 9.89. The van der Waals surface area contributed by atoms with Gasteiger partial charge in [0.15, 0.2) is 0 Å². The van der Waals surface area contributed by atoms with Crippen LogP contribution in [0.25, 0.3) is 0 Å². The molecule has 0 aliphatic heterocycles. The van der Waals surface area contributed by atoms with Crippen LogP contribution in [0, 0.1) is 11.7 Å². The predicted octanol–water partition coefficient (Wildman–Crippen LogP) is 3.93. The van der Waals surface area contributed by atoms with Gasteiger partial charge in [0.1, 0.15) is 5.82 Å². The van der Waals surface area contributed by atoms with Crippen molar-refractivity contribution in [1.29, 1.82) is 0 Å². The standard InChI is InChI=1S/C16H24FN/c1-13(10-15-8-5-9-16(17)11-15)18-12-14-6-3-2-4-7-14/h5,8-9,11,13-14,18H,2-4,6-7,10,12H2,1H3. The summed E-state index contributed by atoms with van der Waals surface area (Å²) >= 11 is 0. The zero-order valence-electron chi connectivity index (χ0n) is 11.3. The Kier molecular flexibility index (Phi) is 5.18. The van der Waals surface area contributed by atoms with E-state index >= 15 is 0 Å². The fourth-order valence-corrected chi connectivity index (χ4v) is 2.85. The lowest BCUT2D eigenvalue weighted by Crippen LogP contribution is -2.33. The van der Waals surface area contributed by atoms with Gasteiger partial charge in [-0.1, -0.05) is 31.4 Å². The van der Waals surface area contributed by atoms with E-state index in [1.165, 1.54) is 38.2 Å². The molecule has 1 aromatic carbocycles. The minimum atomic E-state index is -0.132. The van der Waals surface area contributed by atoms with Gasteiger partial charge >= 0.3 is 0 Å². The summed E-state index contributed by atoms with van der Waals surface area (Å²) in [5, 5.41) is 3.60. The molecule has 1 N–H and O–H groups in total. The third kappa shape index (κ3) is 4.41. The average Bonchev–Trinajstić information content (AvgIpc) is 2.38. The minimum absolute atomic E-state index is 0.132. The van der Waals surface area contributed by atoms with E-state index in [1.54, 1.807) is 12.1 Å². The first-order valence-electron chi connectivity index (χ1n) is 7.22. The fourth-order valence-electron chi connectivity index (χ4n) is 2.85. The molecule has 2 rings (SSSR count). The normalized spacial score (nSPS) is 18.8. The molecule has 1 aromatic rings. The molecule has 1 atom stereocenters. The lowest BCUT2D eigenvalue weighted by molar-refractivity contribution is 0.330. The maximum atomic E-state index is 13.1. The number of nitrogens with one attached hydrogen (secondary N) is 1. The molecule has 0 aromatic heterocycles. The summed E-state index contributed by atoms with van der Waals surface area (Å²) in [4.78, 5) is 0. The molecule has 1 nitrogen and oxygen atoms in total. The first-order chi connectivity index (χ1) is 8.74. The molecule has 1 fully saturated rings. The van der Waals surface area contributed by atoms with Crippen LogP contribution in [0.5, 0.6) is 0 Å². The molecule has 0 spiro atoms. The molecule has 0 radical (unpaired) electrons. The van der Waals surface area contributed by atoms with Gasteiger partial charge < -0.3 is 5.32 Å². The summed E-state index contributed by atoms with van der Waals surface area (Å²) in [5.74, 6) is 0.723. The number of rotatable bonds is 5. The van der Waals surface area contributed by atoms with Gasteiger partial charge in [-0.05, 0) is 56.3 Å². The zero-order chi connectivity index (χ0) is 12.8. The first kappa shape index (κ1) is 13.5. The molecule has 18 heavy (non-hydrogen) atoms. The molecule has 1 saturated carbocycles. The van der Waals surface area contributed by atoms with Gasteiger partial charge in [0.05, 0.1) is 0 Å². The second-order valence-electron chi connectivity index (χ2n) is 5.65. The van der Waals surface area contributed by atoms with Crippen LogP contribution >= 0.6 is 0 Å². The van der Waals surface area contributed by atoms with Crippen molar-refractivity contribution in [1.82, 2.24) is 5.32 Å². The lowest BCUT2D eigenvalue weighted by Gasteiger charge is -2.24. The van der Waals surface area contributed by atoms with Gasteiger partial charge in [0.2, 0.25) is 0 Å². The summed E-state index contributed by atoms with van der Waals surface area (Å²) in [6.07, 6.45) is 7.86. The third-order valence-corrected chi connectivity index (χ3v) is 3.91. The molecule has 1 aliphatic rings. The van der Waals surface area contributed by atoms with Crippen LogP contribution in [-0.4, -0.2) is 12.6 Å². The maximum absolute atomic E-state index is 13.1. The first-order valence-corrected chi connectivity index (χ1v) is 7.22. The van der Waals surface area contributed by atoms with Crippen molar-refractivity contribution in [2.24, 2.45) is 5.92 Å². The quantitative estimate of drug-likeness (QED) is 0.834. The van der Waals surface area contributed by atoms with E-state index in [0.717, 1.165) is 24.4 Å². The highest BCUT2D eigenvalue weighted by Crippen LogP contribution is 2.22. The molecule has 100 valence electrons. The van der Waals surface area contributed by atoms with E-state index in [9.17, 15) is 4.39 Å². The van der Waals surface area contributed by atoms with E-state index in [1.807, 2.05) is 6.07 Å². The summed E-state index contributed by atoms with van der Waals surface area (Å²) in [7, 11) is 0. The molecule has 1 aliphatic carbocycles. The second kappa shape index (κ2) is 6.89. The Morgan fingerprint density at radius 1 is 1.28 bits per heavy atom. The highest BCUT2D eigenvalue weighted by Gasteiger charge is 2.14. The van der Waals surface area contributed by atoms with E-state index in [2.05, 4.69) is 12.2 Å². The van der Waals surface area contributed by atoms with Crippen LogP contribution in [0.15, 0.2) is 24.3 Å². The van der Waals surface area contributed by atoms with Crippen molar-refractivity contribution in [3.8, 4) is 0 Å². The van der Waals surface area contributed by atoms with Crippen molar-refractivity contribution in [3.05, 3.63) is 35.6 Å². The van der Waals surface area contributed by atoms with E-state index < -0.39 is 0 Å². The van der Waals surface area contributed by atoms with Crippen molar-refractivity contribution in [2.45, 2.75) is 51.5 Å². The smallest absolute Gasteiger partial charge is 0.123 e. The van der Waals surface area contributed by atoms with Crippen molar-refractivity contribution < 1.29 is 4.39 Å². The molecule has 0 amide bonds. The van der Waals surface area contributed by atoms with Crippen molar-refractivity contribution in [3.63, 3.8) is 0 Å². The molecular formula is C16H24FN. The Balaban J connectivity index is 1.72. The van der Waals surface area contributed by atoms with Gasteiger partial charge in [-0.25, -0.2) is 4.39 Å². The van der Waals surface area contributed by atoms with Gasteiger partial charge in [0.25, 0.3) is 0 Å². The summed E-state index contributed by atoms with van der Waals surface area (Å²) in [6, 6.07) is 7.36. The Bertz CT molecular complexity index is 358. The van der Waals surface area contributed by atoms with Gasteiger partial charge in [-0.3, -0.25) is 0 Å². The Morgan fingerprint density at radius 3 is 2.78 bits per heavy atom. The van der Waals surface area contributed by atoms with Gasteiger partial charge in [-0.2, -0.15) is 0 Å². The number of hydrogen-bond acceptors (Lipinski definition) is 1. The second-order valence-corrected chi connectivity index (χ2v) is 5.65. The number of benzene rings is 1. The number of halogens is 1. The van der Waals surface area contributed by atoms with Gasteiger partial charge in [-0.15, -0.1) is 0 Å². The van der Waals surface area contributed by atoms with Crippen LogP contribution in [-0.2, 0) is 6.42 Å². The van der Waals surface area contributed by atoms with E-state index in [-0.39, 0.29) is 5.82 Å². The highest BCUT2D eigenvalue weighted by molar-refractivity contribution is 5.17. The summed E-state index contributed by atoms with van der Waals surface area (Å²) in [5.41, 5.74) is 1.08. The molecule has 1 unspecified atom stereocenters. The molecular weight excluding hydrogens is 225 g/mol. The number of hydrogen-bond donors (Lipinski definition) is 1. The molecule has 0 heterocycles. The largest absolute Gasteiger partial charge is 0.314 e. The minimum Gasteiger partial charge on any atom is -0.314 e. The van der Waals surface area contributed by atoms with Crippen LogP contribution in [0.1, 0.15) is 44.6 Å². The average molecular weight is 249 g/mol. The van der Waals surface area contributed by atoms with Crippen molar-refractivity contribution >= 4 is 0 Å². The monoisotopic (exact) mass is 249 g/mol. The summed E-state index contributed by atoms with van der Waals surface area (Å²) in [6.45, 7) is 3.31. The van der Waals surface area contributed by atoms with Gasteiger partial charge in [0, 0.05) is 6.04 Å². The Morgan fingerprint density at radius 2 is 2.06 bits per heavy atom. The van der Waals surface area contributed by atoms with Crippen LogP contribution in [0.2, 0.25) is 0 Å². The Hall–Kier alpha value is -0.890. The Labute approximate surface area is 110 Å². The third-order valence-electron chi connectivity index (χ3n) is 3.91. The summed E-state index contributed by atoms with van der Waals surface area (Å²) < 4.78 is 13.1. The molecule has 2 heteroatoms. The zero-order valence-corrected chi connectivity index (χ0v) is 11.3. The molecule has 0 saturated heterocycles. The van der Waals surface area contributed by atoms with Crippen LogP contribution < -0.4 is 5.32 Å². The maximum Gasteiger partial charge on any atom is 0.123 e. The fraction of sp³-hybridized carbons (Fsp3) is 0.625. The molecule has 0 bridgehead atoms. The predicted molar refractivity (Wildman–Crippen MR) is 74.1 cm³/mol. The van der Waals surface area contributed by atoms with E-state index in [0.29, 0.717) is 6.04 Å². The SMILES string of the molecule is CC(Cc1cccc(F)c1)NCC1CCCCC1.